The van der Waals surface area contributed by atoms with Crippen molar-refractivity contribution in [3.05, 3.63) is 53.1 Å². The van der Waals surface area contributed by atoms with Crippen LogP contribution in [0.15, 0.2) is 36.4 Å². The van der Waals surface area contributed by atoms with E-state index in [2.05, 4.69) is 26.3 Å². The standard InChI is InChI=1S/C38H47N3O6S/c1-4-23(2)48(44,45)39-36(42)25-13-15-30-33(17-25)40-22-38(37(43)41-26-11-8-12-27(41)21-47-20-26)19-32(38)31-18-28(46-3)14-16-29(31)35(40)34(30)24-9-6-5-7-10-24/h13-18,23-24,26-27,32H,4-12,19-22H2,1-3H3,(H,39,42)/t23?,26-,27?,32?,38?/m1/s1. The maximum atomic E-state index is 15.0. The van der Waals surface area contributed by atoms with Gasteiger partial charge in [-0.25, -0.2) is 13.1 Å². The molecule has 3 aliphatic heterocycles. The highest BCUT2D eigenvalue weighted by Crippen LogP contribution is 2.66. The van der Waals surface area contributed by atoms with Crippen LogP contribution in [0.5, 0.6) is 5.75 Å². The number of ether oxygens (including phenoxy) is 2. The average molecular weight is 674 g/mol. The predicted molar refractivity (Wildman–Crippen MR) is 185 cm³/mol. The van der Waals surface area contributed by atoms with Gasteiger partial charge in [0.2, 0.25) is 15.9 Å². The number of sulfonamides is 1. The van der Waals surface area contributed by atoms with Gasteiger partial charge in [-0.15, -0.1) is 0 Å². The Morgan fingerprint density at radius 2 is 1.77 bits per heavy atom. The number of amides is 2. The predicted octanol–water partition coefficient (Wildman–Crippen LogP) is 6.49. The SMILES string of the molecule is CCC(C)S(=O)(=O)NC(=O)c1ccc2c(C3CCCCC3)c3n(c2c1)CC1(C(=O)N2C4CCC[C@@H]2COC4)CC1c1cc(OC)ccc1-3. The second kappa shape index (κ2) is 11.9. The normalized spacial score (nSPS) is 27.3. The van der Waals surface area contributed by atoms with Crippen molar-refractivity contribution in [2.24, 2.45) is 5.41 Å². The van der Waals surface area contributed by atoms with Gasteiger partial charge in [-0.1, -0.05) is 32.3 Å². The fourth-order valence-corrected chi connectivity index (χ4v) is 10.4. The molecule has 0 radical (unpaired) electrons. The number of rotatable bonds is 7. The lowest BCUT2D eigenvalue weighted by Crippen LogP contribution is -2.59. The Balaban J connectivity index is 1.32. The van der Waals surface area contributed by atoms with Crippen LogP contribution in [-0.4, -0.2) is 67.4 Å². The van der Waals surface area contributed by atoms with Crippen LogP contribution in [0.1, 0.15) is 111 Å². The summed E-state index contributed by atoms with van der Waals surface area (Å²) in [5.74, 6) is 0.803. The summed E-state index contributed by atoms with van der Waals surface area (Å²) in [6.45, 7) is 5.10. The van der Waals surface area contributed by atoms with Crippen molar-refractivity contribution in [3.8, 4) is 17.0 Å². The van der Waals surface area contributed by atoms with Crippen LogP contribution >= 0.6 is 0 Å². The van der Waals surface area contributed by atoms with E-state index in [1.54, 1.807) is 27.0 Å². The van der Waals surface area contributed by atoms with E-state index in [9.17, 15) is 13.2 Å². The molecule has 4 fully saturated rings. The molecule has 2 saturated heterocycles. The van der Waals surface area contributed by atoms with Crippen LogP contribution < -0.4 is 9.46 Å². The Labute approximate surface area is 283 Å². The zero-order chi connectivity index (χ0) is 33.4. The average Bonchev–Trinajstić information content (AvgIpc) is 3.76. The van der Waals surface area contributed by atoms with Crippen molar-refractivity contribution < 1.29 is 27.5 Å². The number of aromatic nitrogens is 1. The quantitative estimate of drug-likeness (QED) is 0.307. The maximum absolute atomic E-state index is 15.0. The van der Waals surface area contributed by atoms with E-state index in [-0.39, 0.29) is 23.9 Å². The second-order valence-corrected chi connectivity index (χ2v) is 17.1. The third-order valence-electron chi connectivity index (χ3n) is 12.3. The van der Waals surface area contributed by atoms with E-state index >= 15 is 4.79 Å². The molecule has 8 rings (SSSR count). The number of morpholine rings is 1. The molecular weight excluding hydrogens is 627 g/mol. The van der Waals surface area contributed by atoms with Crippen molar-refractivity contribution in [3.63, 3.8) is 0 Å². The van der Waals surface area contributed by atoms with Gasteiger partial charge in [-0.2, -0.15) is 0 Å². The van der Waals surface area contributed by atoms with Gasteiger partial charge in [0.15, 0.2) is 0 Å². The first-order valence-corrected chi connectivity index (χ1v) is 19.5. The summed E-state index contributed by atoms with van der Waals surface area (Å²) in [5, 5.41) is 0.406. The molecule has 256 valence electrons. The molecule has 5 aliphatic rings. The number of benzene rings is 2. The zero-order valence-corrected chi connectivity index (χ0v) is 29.1. The number of carbonyl (C=O) groups excluding carboxylic acids is 2. The van der Waals surface area contributed by atoms with Gasteiger partial charge in [-0.05, 0) is 99.2 Å². The van der Waals surface area contributed by atoms with E-state index in [1.165, 1.54) is 24.8 Å². The number of hydrogen-bond acceptors (Lipinski definition) is 6. The van der Waals surface area contributed by atoms with Gasteiger partial charge < -0.3 is 18.9 Å². The second-order valence-electron chi connectivity index (χ2n) is 15.0. The highest BCUT2D eigenvalue weighted by atomic mass is 32.2. The number of piperidine rings is 1. The molecule has 10 heteroatoms. The van der Waals surface area contributed by atoms with E-state index in [0.717, 1.165) is 72.0 Å². The summed E-state index contributed by atoms with van der Waals surface area (Å²) in [6, 6.07) is 12.2. The monoisotopic (exact) mass is 673 g/mol. The van der Waals surface area contributed by atoms with Crippen LogP contribution in [0, 0.1) is 5.41 Å². The van der Waals surface area contributed by atoms with Gasteiger partial charge in [0, 0.05) is 34.5 Å². The summed E-state index contributed by atoms with van der Waals surface area (Å²) in [4.78, 5) is 30.7. The van der Waals surface area contributed by atoms with E-state index < -0.39 is 26.6 Å². The van der Waals surface area contributed by atoms with Crippen LogP contribution in [0.3, 0.4) is 0 Å². The zero-order valence-electron chi connectivity index (χ0n) is 28.3. The molecule has 2 bridgehead atoms. The molecule has 2 saturated carbocycles. The lowest BCUT2D eigenvalue weighted by atomic mass is 9.81. The minimum Gasteiger partial charge on any atom is -0.497 e. The highest BCUT2D eigenvalue weighted by Gasteiger charge is 2.65. The lowest BCUT2D eigenvalue weighted by Gasteiger charge is -2.47. The summed E-state index contributed by atoms with van der Waals surface area (Å²) < 4.78 is 42.1. The Morgan fingerprint density at radius 3 is 2.48 bits per heavy atom. The Kier molecular flexibility index (Phi) is 7.90. The first-order valence-electron chi connectivity index (χ1n) is 18.0. The molecule has 0 spiro atoms. The summed E-state index contributed by atoms with van der Waals surface area (Å²) in [5.41, 5.74) is 5.31. The number of carbonyl (C=O) groups is 2. The van der Waals surface area contributed by atoms with Crippen molar-refractivity contribution in [2.45, 2.75) is 114 Å². The van der Waals surface area contributed by atoms with E-state index in [1.807, 2.05) is 18.2 Å². The molecule has 2 aromatic carbocycles. The van der Waals surface area contributed by atoms with Crippen molar-refractivity contribution >= 4 is 32.7 Å². The first-order chi connectivity index (χ1) is 23.2. The van der Waals surface area contributed by atoms with Gasteiger partial charge in [0.25, 0.3) is 5.91 Å². The largest absolute Gasteiger partial charge is 0.497 e. The third-order valence-corrected chi connectivity index (χ3v) is 14.1. The molecule has 1 aromatic heterocycles. The van der Waals surface area contributed by atoms with Gasteiger partial charge in [0.05, 0.1) is 48.8 Å². The number of nitrogens with zero attached hydrogens (tertiary/aromatic N) is 2. The molecule has 2 amide bonds. The number of hydrogen-bond donors (Lipinski definition) is 1. The maximum Gasteiger partial charge on any atom is 0.264 e. The molecule has 4 heterocycles. The number of nitrogens with one attached hydrogen (secondary N) is 1. The van der Waals surface area contributed by atoms with Crippen LogP contribution in [-0.2, 0) is 26.1 Å². The Hall–Kier alpha value is -3.37. The van der Waals surface area contributed by atoms with Gasteiger partial charge in [-0.3, -0.25) is 9.59 Å². The van der Waals surface area contributed by atoms with Gasteiger partial charge >= 0.3 is 0 Å². The first kappa shape index (κ1) is 31.9. The minimum atomic E-state index is -3.81. The molecule has 5 atom stereocenters. The molecule has 1 N–H and O–H groups in total. The Bertz CT molecular complexity index is 1870. The number of fused-ring (bicyclic) bond motifs is 9. The van der Waals surface area contributed by atoms with Crippen molar-refractivity contribution in [1.82, 2.24) is 14.2 Å². The van der Waals surface area contributed by atoms with Crippen molar-refractivity contribution in [1.29, 1.82) is 0 Å². The van der Waals surface area contributed by atoms with Crippen LogP contribution in [0.4, 0.5) is 0 Å². The van der Waals surface area contributed by atoms with Gasteiger partial charge in [0.1, 0.15) is 5.75 Å². The van der Waals surface area contributed by atoms with Crippen LogP contribution in [0.25, 0.3) is 22.2 Å². The molecule has 9 nitrogen and oxygen atoms in total. The fourth-order valence-electron chi connectivity index (χ4n) is 9.35. The molecular formula is C38H47N3O6S. The molecule has 48 heavy (non-hydrogen) atoms. The summed E-state index contributed by atoms with van der Waals surface area (Å²) in [7, 11) is -2.12. The molecule has 3 aromatic rings. The summed E-state index contributed by atoms with van der Waals surface area (Å²) >= 11 is 0. The van der Waals surface area contributed by atoms with E-state index in [0.29, 0.717) is 37.7 Å². The topological polar surface area (TPSA) is 107 Å². The summed E-state index contributed by atoms with van der Waals surface area (Å²) in [6.07, 6.45) is 9.98. The lowest BCUT2D eigenvalue weighted by molar-refractivity contribution is -0.157. The highest BCUT2D eigenvalue weighted by molar-refractivity contribution is 7.90. The van der Waals surface area contributed by atoms with Crippen molar-refractivity contribution in [2.75, 3.05) is 20.3 Å². The van der Waals surface area contributed by atoms with E-state index in [4.69, 9.17) is 9.47 Å². The number of methoxy groups -OCH3 is 1. The third kappa shape index (κ3) is 4.99. The molecule has 2 aliphatic carbocycles. The minimum absolute atomic E-state index is 0.0555. The fraction of sp³-hybridized carbons (Fsp3) is 0.579. The smallest absolute Gasteiger partial charge is 0.264 e. The molecule has 4 unspecified atom stereocenters. The Morgan fingerprint density at radius 1 is 1.02 bits per heavy atom. The van der Waals surface area contributed by atoms with Crippen LogP contribution in [0.2, 0.25) is 0 Å².